The normalized spacial score (nSPS) is 41.1. The highest BCUT2D eigenvalue weighted by Crippen LogP contribution is 2.58. The number of nitrogens with zero attached hydrogens (tertiary/aromatic N) is 2. The number of amides is 1. The molecule has 1 amide bonds. The van der Waals surface area contributed by atoms with E-state index >= 15 is 0 Å². The summed E-state index contributed by atoms with van der Waals surface area (Å²) < 4.78 is 0. The van der Waals surface area contributed by atoms with Gasteiger partial charge in [-0.25, -0.2) is 0 Å². The van der Waals surface area contributed by atoms with Gasteiger partial charge in [-0.05, 0) is 18.8 Å². The molecule has 5 heteroatoms. The van der Waals surface area contributed by atoms with Gasteiger partial charge in [0.05, 0.1) is 5.92 Å². The van der Waals surface area contributed by atoms with Gasteiger partial charge in [-0.2, -0.15) is 0 Å². The van der Waals surface area contributed by atoms with E-state index in [4.69, 9.17) is 0 Å². The van der Waals surface area contributed by atoms with Crippen LogP contribution in [0.3, 0.4) is 0 Å². The second-order valence-electron chi connectivity index (χ2n) is 5.79. The molecule has 1 saturated heterocycles. The molecule has 0 spiro atoms. The lowest BCUT2D eigenvalue weighted by atomic mass is 9.80. The summed E-state index contributed by atoms with van der Waals surface area (Å²) in [6, 6.07) is -0.125. The van der Waals surface area contributed by atoms with E-state index in [0.717, 1.165) is 32.1 Å². The number of likely N-dealkylation sites (tertiary alicyclic amines) is 1. The summed E-state index contributed by atoms with van der Waals surface area (Å²) in [5.74, 6) is 0.474. The Morgan fingerprint density at radius 3 is 2.59 bits per heavy atom. The number of nitro groups is 1. The van der Waals surface area contributed by atoms with Crippen molar-refractivity contribution in [2.45, 2.75) is 50.1 Å². The van der Waals surface area contributed by atoms with E-state index < -0.39 is 5.54 Å². The molecule has 0 aromatic heterocycles. The Morgan fingerprint density at radius 2 is 2.00 bits per heavy atom. The maximum Gasteiger partial charge on any atom is 0.247 e. The van der Waals surface area contributed by atoms with Gasteiger partial charge in [0.25, 0.3) is 0 Å². The highest BCUT2D eigenvalue weighted by Gasteiger charge is 2.77. The van der Waals surface area contributed by atoms with Gasteiger partial charge >= 0.3 is 0 Å². The van der Waals surface area contributed by atoms with Crippen LogP contribution in [0.4, 0.5) is 0 Å². The fourth-order valence-corrected chi connectivity index (χ4v) is 4.14. The quantitative estimate of drug-likeness (QED) is 0.424. The summed E-state index contributed by atoms with van der Waals surface area (Å²) in [6.07, 6.45) is 7.18. The van der Waals surface area contributed by atoms with Crippen molar-refractivity contribution in [2.75, 3.05) is 6.54 Å². The molecule has 3 aliphatic rings. The Kier molecular flexibility index (Phi) is 2.38. The van der Waals surface area contributed by atoms with Gasteiger partial charge in [0.15, 0.2) is 0 Å². The summed E-state index contributed by atoms with van der Waals surface area (Å²) in [6.45, 7) is 0.603. The fraction of sp³-hybridized carbons (Fsp3) is 0.917. The molecule has 17 heavy (non-hydrogen) atoms. The molecule has 1 heterocycles. The SMILES string of the molecule is O=CN1C[C@@H]2C[C@]2([N+](=O)[O-])[C@H]1C1CCCCC1. The van der Waals surface area contributed by atoms with Gasteiger partial charge < -0.3 is 4.90 Å². The third-order valence-electron chi connectivity index (χ3n) is 4.99. The third kappa shape index (κ3) is 1.40. The Bertz CT molecular complexity index is 354. The summed E-state index contributed by atoms with van der Waals surface area (Å²) in [5, 5.41) is 11.3. The summed E-state index contributed by atoms with van der Waals surface area (Å²) in [4.78, 5) is 24.1. The number of carbonyl (C=O) groups is 1. The molecule has 0 radical (unpaired) electrons. The van der Waals surface area contributed by atoms with E-state index in [-0.39, 0.29) is 16.9 Å². The second kappa shape index (κ2) is 3.68. The Morgan fingerprint density at radius 1 is 1.29 bits per heavy atom. The van der Waals surface area contributed by atoms with Crippen LogP contribution in [0.25, 0.3) is 0 Å². The molecular formula is C12H18N2O3. The van der Waals surface area contributed by atoms with Crippen LogP contribution in [0.15, 0.2) is 0 Å². The molecule has 5 nitrogen and oxygen atoms in total. The molecule has 3 atom stereocenters. The largest absolute Gasteiger partial charge is 0.334 e. The second-order valence-corrected chi connectivity index (χ2v) is 5.79. The maximum atomic E-state index is 11.3. The number of rotatable bonds is 3. The Balaban J connectivity index is 1.86. The zero-order chi connectivity index (χ0) is 12.0. The number of hydrogen-bond donors (Lipinski definition) is 0. The van der Waals surface area contributed by atoms with E-state index in [1.165, 1.54) is 6.42 Å². The van der Waals surface area contributed by atoms with Crippen LogP contribution >= 0.6 is 0 Å². The lowest BCUT2D eigenvalue weighted by Gasteiger charge is -2.34. The van der Waals surface area contributed by atoms with Crippen LogP contribution in [0, 0.1) is 22.0 Å². The molecule has 0 aromatic carbocycles. The molecule has 94 valence electrons. The molecule has 0 aromatic rings. The van der Waals surface area contributed by atoms with Gasteiger partial charge in [0, 0.05) is 17.9 Å². The van der Waals surface area contributed by atoms with Crippen molar-refractivity contribution in [1.82, 2.24) is 4.90 Å². The van der Waals surface area contributed by atoms with Gasteiger partial charge in [-0.3, -0.25) is 14.9 Å². The van der Waals surface area contributed by atoms with Gasteiger partial charge in [0.2, 0.25) is 11.9 Å². The first kappa shape index (κ1) is 11.0. The van der Waals surface area contributed by atoms with E-state index in [0.29, 0.717) is 18.9 Å². The van der Waals surface area contributed by atoms with E-state index in [1.54, 1.807) is 4.90 Å². The number of hydrogen-bond acceptors (Lipinski definition) is 3. The summed E-state index contributed by atoms with van der Waals surface area (Å²) in [5.41, 5.74) is -0.775. The molecule has 2 saturated carbocycles. The van der Waals surface area contributed by atoms with Gasteiger partial charge in [-0.15, -0.1) is 0 Å². The van der Waals surface area contributed by atoms with Gasteiger partial charge in [0.1, 0.15) is 6.04 Å². The van der Waals surface area contributed by atoms with E-state index in [2.05, 4.69) is 0 Å². The molecule has 3 fully saturated rings. The monoisotopic (exact) mass is 238 g/mol. The summed E-state index contributed by atoms with van der Waals surface area (Å²) in [7, 11) is 0. The first-order valence-corrected chi connectivity index (χ1v) is 6.55. The minimum atomic E-state index is -0.775. The number of piperidine rings is 1. The Hall–Kier alpha value is -1.13. The van der Waals surface area contributed by atoms with Crippen molar-refractivity contribution in [2.24, 2.45) is 11.8 Å². The van der Waals surface area contributed by atoms with Crippen molar-refractivity contribution in [3.63, 3.8) is 0 Å². The van der Waals surface area contributed by atoms with Crippen LogP contribution in [0.1, 0.15) is 38.5 Å². The number of fused-ring (bicyclic) bond motifs is 1. The minimum absolute atomic E-state index is 0.0968. The average molecular weight is 238 g/mol. The first-order valence-electron chi connectivity index (χ1n) is 6.55. The standard InChI is InChI=1S/C12H18N2O3/c15-8-13-7-10-6-12(10,14(16)17)11(13)9-4-2-1-3-5-9/h8-11H,1-7H2/t10-,11+,12+/m0/s1. The van der Waals surface area contributed by atoms with Crippen LogP contribution in [-0.2, 0) is 4.79 Å². The highest BCUT2D eigenvalue weighted by atomic mass is 16.6. The molecule has 0 unspecified atom stereocenters. The van der Waals surface area contributed by atoms with Crippen LogP contribution in [0.2, 0.25) is 0 Å². The Labute approximate surface area is 100 Å². The molecule has 1 aliphatic heterocycles. The maximum absolute atomic E-state index is 11.3. The molecular weight excluding hydrogens is 220 g/mol. The van der Waals surface area contributed by atoms with Crippen LogP contribution in [0.5, 0.6) is 0 Å². The highest BCUT2D eigenvalue weighted by molar-refractivity contribution is 5.51. The number of carbonyl (C=O) groups excluding carboxylic acids is 1. The van der Waals surface area contributed by atoms with Crippen molar-refractivity contribution in [1.29, 1.82) is 0 Å². The van der Waals surface area contributed by atoms with E-state index in [1.807, 2.05) is 0 Å². The van der Waals surface area contributed by atoms with Crippen LogP contribution in [-0.4, -0.2) is 34.4 Å². The van der Waals surface area contributed by atoms with Crippen molar-refractivity contribution in [3.8, 4) is 0 Å². The molecule has 0 bridgehead atoms. The molecule has 0 N–H and O–H groups in total. The van der Waals surface area contributed by atoms with Crippen molar-refractivity contribution < 1.29 is 9.72 Å². The smallest absolute Gasteiger partial charge is 0.247 e. The molecule has 3 rings (SSSR count). The zero-order valence-electron chi connectivity index (χ0n) is 9.88. The van der Waals surface area contributed by atoms with Crippen LogP contribution < -0.4 is 0 Å². The molecule has 2 aliphatic carbocycles. The zero-order valence-corrected chi connectivity index (χ0v) is 9.88. The predicted molar refractivity (Wildman–Crippen MR) is 61.0 cm³/mol. The van der Waals surface area contributed by atoms with E-state index in [9.17, 15) is 14.9 Å². The fourth-order valence-electron chi connectivity index (χ4n) is 4.14. The third-order valence-corrected chi connectivity index (χ3v) is 4.99. The minimum Gasteiger partial charge on any atom is -0.334 e. The first-order chi connectivity index (χ1) is 8.20. The van der Waals surface area contributed by atoms with Crippen molar-refractivity contribution in [3.05, 3.63) is 10.1 Å². The van der Waals surface area contributed by atoms with Gasteiger partial charge in [-0.1, -0.05) is 19.3 Å². The van der Waals surface area contributed by atoms with Crippen molar-refractivity contribution >= 4 is 6.41 Å². The lowest BCUT2D eigenvalue weighted by Crippen LogP contribution is -2.48. The lowest BCUT2D eigenvalue weighted by molar-refractivity contribution is -0.547. The predicted octanol–water partition coefficient (Wildman–Crippen LogP) is 1.44. The average Bonchev–Trinajstić information content (AvgIpc) is 2.97. The summed E-state index contributed by atoms with van der Waals surface area (Å²) >= 11 is 0. The topological polar surface area (TPSA) is 63.5 Å².